The fourth-order valence-corrected chi connectivity index (χ4v) is 2.56. The van der Waals surface area contributed by atoms with Gasteiger partial charge in [-0.3, -0.25) is 9.59 Å². The first-order valence-electron chi connectivity index (χ1n) is 7.19. The van der Waals surface area contributed by atoms with Crippen molar-refractivity contribution in [3.05, 3.63) is 61.3 Å². The monoisotopic (exact) mass is 296 g/mol. The van der Waals surface area contributed by atoms with Gasteiger partial charge in [-0.05, 0) is 25.5 Å². The van der Waals surface area contributed by atoms with Crippen molar-refractivity contribution < 1.29 is 9.59 Å². The van der Waals surface area contributed by atoms with Gasteiger partial charge in [0.05, 0.1) is 17.3 Å². The molecule has 4 nitrogen and oxygen atoms in total. The second-order valence-electron chi connectivity index (χ2n) is 5.17. The van der Waals surface area contributed by atoms with Gasteiger partial charge >= 0.3 is 0 Å². The summed E-state index contributed by atoms with van der Waals surface area (Å²) in [4.78, 5) is 26.1. The minimum absolute atomic E-state index is 0.0650. The van der Waals surface area contributed by atoms with Crippen LogP contribution in [0.4, 0.5) is 11.4 Å². The molecule has 1 heterocycles. The molecule has 1 amide bonds. The van der Waals surface area contributed by atoms with Gasteiger partial charge in [-0.15, -0.1) is 13.2 Å². The van der Waals surface area contributed by atoms with Crippen LogP contribution in [-0.4, -0.2) is 18.2 Å². The van der Waals surface area contributed by atoms with Gasteiger partial charge in [-0.2, -0.15) is 0 Å². The van der Waals surface area contributed by atoms with E-state index < -0.39 is 5.92 Å². The third-order valence-corrected chi connectivity index (χ3v) is 3.49. The molecule has 1 N–H and O–H groups in total. The van der Waals surface area contributed by atoms with Crippen LogP contribution in [0.2, 0.25) is 0 Å². The van der Waals surface area contributed by atoms with Crippen molar-refractivity contribution in [2.24, 2.45) is 5.92 Å². The molecule has 0 fully saturated rings. The molecule has 1 aliphatic heterocycles. The lowest BCUT2D eigenvalue weighted by Gasteiger charge is -2.23. The van der Waals surface area contributed by atoms with Crippen LogP contribution in [0.5, 0.6) is 0 Å². The number of para-hydroxylation sites is 2. The largest absolute Gasteiger partial charge is 0.356 e. The van der Waals surface area contributed by atoms with Crippen molar-refractivity contribution in [3.63, 3.8) is 0 Å². The van der Waals surface area contributed by atoms with Crippen LogP contribution in [-0.2, 0) is 9.59 Å². The number of fused-ring (bicyclic) bond motifs is 1. The maximum atomic E-state index is 12.9. The molecule has 0 spiro atoms. The predicted molar refractivity (Wildman–Crippen MR) is 89.7 cm³/mol. The number of benzene rings is 1. The molecule has 0 bridgehead atoms. The number of hydrogen-bond acceptors (Lipinski definition) is 3. The van der Waals surface area contributed by atoms with Gasteiger partial charge in [0.15, 0.2) is 5.78 Å². The number of rotatable bonds is 5. The van der Waals surface area contributed by atoms with Crippen molar-refractivity contribution in [1.82, 2.24) is 0 Å². The summed E-state index contributed by atoms with van der Waals surface area (Å²) in [6.07, 6.45) is 5.34. The molecule has 0 radical (unpaired) electrons. The average Bonchev–Trinajstić information content (AvgIpc) is 2.58. The highest BCUT2D eigenvalue weighted by Gasteiger charge is 2.32. The van der Waals surface area contributed by atoms with E-state index >= 15 is 0 Å². The number of allylic oxidation sites excluding steroid dienone is 2. The molecule has 0 unspecified atom stereocenters. The van der Waals surface area contributed by atoms with Crippen molar-refractivity contribution >= 4 is 23.1 Å². The van der Waals surface area contributed by atoms with Crippen LogP contribution >= 0.6 is 0 Å². The Morgan fingerprint density at radius 2 is 2.05 bits per heavy atom. The Kier molecular flexibility index (Phi) is 4.94. The number of carbonyl (C=O) groups excluding carboxylic acids is 2. The zero-order valence-electron chi connectivity index (χ0n) is 12.7. The molecule has 1 aliphatic rings. The zero-order valence-corrected chi connectivity index (χ0v) is 12.7. The molecular formula is C18H20N2O2. The molecule has 0 aliphatic carbocycles. The van der Waals surface area contributed by atoms with Gasteiger partial charge in [0.25, 0.3) is 0 Å². The second kappa shape index (κ2) is 6.89. The standard InChI is InChI=1S/C18H20N2O2/c1-4-8-14-16(12-13(3)21)19-15-9-6-7-10-17(15)20(11-5-2)18(14)22/h4-7,9-10,12,14,19H,1-2,8,11H2,3H3/b16-12-/t14-/m1/s1. The Morgan fingerprint density at radius 1 is 1.32 bits per heavy atom. The summed E-state index contributed by atoms with van der Waals surface area (Å²) in [5.41, 5.74) is 2.20. The van der Waals surface area contributed by atoms with Crippen molar-refractivity contribution in [2.45, 2.75) is 13.3 Å². The number of carbonyl (C=O) groups is 2. The molecule has 1 aromatic carbocycles. The van der Waals surface area contributed by atoms with E-state index in [0.29, 0.717) is 18.7 Å². The van der Waals surface area contributed by atoms with Crippen LogP contribution in [0.15, 0.2) is 61.3 Å². The Hall–Kier alpha value is -2.62. The van der Waals surface area contributed by atoms with E-state index in [1.165, 1.54) is 13.0 Å². The molecule has 2 rings (SSSR count). The van der Waals surface area contributed by atoms with Gasteiger partial charge in [0, 0.05) is 18.3 Å². The molecule has 22 heavy (non-hydrogen) atoms. The number of amides is 1. The highest BCUT2D eigenvalue weighted by Crippen LogP contribution is 2.35. The topological polar surface area (TPSA) is 49.4 Å². The van der Waals surface area contributed by atoms with Gasteiger partial charge < -0.3 is 10.2 Å². The molecule has 4 heteroatoms. The van der Waals surface area contributed by atoms with Gasteiger partial charge in [0.2, 0.25) is 5.91 Å². The minimum Gasteiger partial charge on any atom is -0.356 e. The summed E-state index contributed by atoms with van der Waals surface area (Å²) in [5, 5.41) is 3.24. The van der Waals surface area contributed by atoms with E-state index in [1.807, 2.05) is 24.3 Å². The molecule has 1 aromatic rings. The van der Waals surface area contributed by atoms with Gasteiger partial charge in [-0.1, -0.05) is 24.3 Å². The first-order chi connectivity index (χ1) is 10.6. The molecular weight excluding hydrogens is 276 g/mol. The van der Waals surface area contributed by atoms with Crippen LogP contribution in [0, 0.1) is 5.92 Å². The molecule has 1 atom stereocenters. The molecule has 114 valence electrons. The summed E-state index contributed by atoms with van der Waals surface area (Å²) >= 11 is 0. The number of ketones is 1. The molecule has 0 saturated heterocycles. The first kappa shape index (κ1) is 15.8. The SMILES string of the molecule is C=CC[C@H]1C(=O)N(CC=C)c2ccccc2N/C1=C\C(C)=O. The normalized spacial score (nSPS) is 19.1. The van der Waals surface area contributed by atoms with Gasteiger partial charge in [-0.25, -0.2) is 0 Å². The van der Waals surface area contributed by atoms with Crippen LogP contribution < -0.4 is 10.2 Å². The van der Waals surface area contributed by atoms with E-state index in [2.05, 4.69) is 18.5 Å². The number of nitrogens with one attached hydrogen (secondary N) is 1. The third-order valence-electron chi connectivity index (χ3n) is 3.49. The lowest BCUT2D eigenvalue weighted by atomic mass is 9.98. The number of nitrogens with zero attached hydrogens (tertiary/aromatic N) is 1. The Bertz CT molecular complexity index is 646. The van der Waals surface area contributed by atoms with E-state index in [9.17, 15) is 9.59 Å². The summed E-state index contributed by atoms with van der Waals surface area (Å²) in [5.74, 6) is -0.613. The first-order valence-corrected chi connectivity index (χ1v) is 7.19. The Morgan fingerprint density at radius 3 is 2.68 bits per heavy atom. The molecule has 0 saturated carbocycles. The Balaban J connectivity index is 2.58. The van der Waals surface area contributed by atoms with Gasteiger partial charge in [0.1, 0.15) is 0 Å². The highest BCUT2D eigenvalue weighted by molar-refractivity contribution is 6.03. The second-order valence-corrected chi connectivity index (χ2v) is 5.17. The van der Waals surface area contributed by atoms with Crippen LogP contribution in [0.1, 0.15) is 13.3 Å². The minimum atomic E-state index is -0.450. The lowest BCUT2D eigenvalue weighted by Crippen LogP contribution is -2.36. The van der Waals surface area contributed by atoms with E-state index in [-0.39, 0.29) is 11.7 Å². The summed E-state index contributed by atoms with van der Waals surface area (Å²) in [6.45, 7) is 9.34. The number of anilines is 2. The quantitative estimate of drug-likeness (QED) is 0.670. The fourth-order valence-electron chi connectivity index (χ4n) is 2.56. The maximum absolute atomic E-state index is 12.9. The fraction of sp³-hybridized carbons (Fsp3) is 0.222. The predicted octanol–water partition coefficient (Wildman–Crippen LogP) is 3.30. The zero-order chi connectivity index (χ0) is 16.1. The van der Waals surface area contributed by atoms with Crippen LogP contribution in [0.3, 0.4) is 0 Å². The summed E-state index contributed by atoms with van der Waals surface area (Å²) in [7, 11) is 0. The third kappa shape index (κ3) is 3.17. The maximum Gasteiger partial charge on any atom is 0.236 e. The highest BCUT2D eigenvalue weighted by atomic mass is 16.2. The van der Waals surface area contributed by atoms with Crippen LogP contribution in [0.25, 0.3) is 0 Å². The summed E-state index contributed by atoms with van der Waals surface area (Å²) in [6, 6.07) is 7.54. The average molecular weight is 296 g/mol. The Labute approximate surface area is 130 Å². The van der Waals surface area contributed by atoms with E-state index in [0.717, 1.165) is 11.4 Å². The smallest absolute Gasteiger partial charge is 0.236 e. The molecule has 0 aromatic heterocycles. The van der Waals surface area contributed by atoms with E-state index in [4.69, 9.17) is 0 Å². The number of hydrogen-bond donors (Lipinski definition) is 1. The van der Waals surface area contributed by atoms with Crippen molar-refractivity contribution in [2.75, 3.05) is 16.8 Å². The summed E-state index contributed by atoms with van der Waals surface area (Å²) < 4.78 is 0. The van der Waals surface area contributed by atoms with Crippen molar-refractivity contribution in [3.8, 4) is 0 Å². The van der Waals surface area contributed by atoms with E-state index in [1.54, 1.807) is 17.1 Å². The lowest BCUT2D eigenvalue weighted by molar-refractivity contribution is -0.121. The van der Waals surface area contributed by atoms with Crippen molar-refractivity contribution in [1.29, 1.82) is 0 Å².